The van der Waals surface area contributed by atoms with E-state index in [1.807, 2.05) is 0 Å². The van der Waals surface area contributed by atoms with E-state index >= 15 is 0 Å². The lowest BCUT2D eigenvalue weighted by Gasteiger charge is -2.18. The number of hydrogen-bond acceptors (Lipinski definition) is 7. The Morgan fingerprint density at radius 1 is 1.17 bits per heavy atom. The fourth-order valence-corrected chi connectivity index (χ4v) is 2.26. The van der Waals surface area contributed by atoms with Crippen LogP contribution in [0.5, 0.6) is 11.5 Å². The molecule has 1 N–H and O–H groups in total. The Bertz CT molecular complexity index is 901. The molecule has 1 aliphatic rings. The van der Waals surface area contributed by atoms with Gasteiger partial charge in [-0.05, 0) is 24.3 Å². The number of anilines is 1. The van der Waals surface area contributed by atoms with Crippen LogP contribution in [0.1, 0.15) is 10.5 Å². The van der Waals surface area contributed by atoms with Crippen molar-refractivity contribution in [3.05, 3.63) is 36.2 Å². The number of rotatable bonds is 3. The van der Waals surface area contributed by atoms with E-state index in [1.54, 1.807) is 37.5 Å². The van der Waals surface area contributed by atoms with Crippen molar-refractivity contribution in [2.24, 2.45) is 7.05 Å². The Morgan fingerprint density at radius 2 is 2.00 bits per heavy atom. The van der Waals surface area contributed by atoms with Crippen LogP contribution in [0.2, 0.25) is 0 Å². The third kappa shape index (κ3) is 2.67. The third-order valence-electron chi connectivity index (χ3n) is 3.38. The minimum absolute atomic E-state index is 0.00413. The van der Waals surface area contributed by atoms with Gasteiger partial charge in [-0.25, -0.2) is 0 Å². The summed E-state index contributed by atoms with van der Waals surface area (Å²) in [5.74, 6) is 1.14. The first-order valence-electron chi connectivity index (χ1n) is 7.23. The molecule has 0 spiro atoms. The van der Waals surface area contributed by atoms with Gasteiger partial charge in [-0.2, -0.15) is 5.10 Å². The average Bonchev–Trinajstić information content (AvgIpc) is 3.23. The van der Waals surface area contributed by atoms with Crippen LogP contribution in [-0.4, -0.2) is 39.1 Å². The van der Waals surface area contributed by atoms with E-state index < -0.39 is 5.91 Å². The van der Waals surface area contributed by atoms with Gasteiger partial charge in [-0.3, -0.25) is 14.8 Å². The number of hydrogen-bond donors (Lipinski definition) is 1. The van der Waals surface area contributed by atoms with E-state index in [0.29, 0.717) is 30.3 Å². The molecule has 0 saturated heterocycles. The SMILES string of the molecule is Cn1ccc(C(=O)Nc2nnc(-c3ccc4c(c3)OCCO4)o2)n1. The topological polar surface area (TPSA) is 104 Å². The molecule has 3 heterocycles. The second-order valence-corrected chi connectivity index (χ2v) is 5.10. The molecule has 0 fully saturated rings. The lowest BCUT2D eigenvalue weighted by molar-refractivity contribution is 0.101. The van der Waals surface area contributed by atoms with Crippen molar-refractivity contribution >= 4 is 11.9 Å². The molecule has 9 heteroatoms. The molecule has 0 saturated carbocycles. The number of nitrogens with one attached hydrogen (secondary N) is 1. The quantitative estimate of drug-likeness (QED) is 0.777. The number of amides is 1. The maximum atomic E-state index is 12.0. The van der Waals surface area contributed by atoms with E-state index in [-0.39, 0.29) is 17.6 Å². The average molecular weight is 327 g/mol. The summed E-state index contributed by atoms with van der Waals surface area (Å²) in [7, 11) is 1.73. The minimum atomic E-state index is -0.423. The molecule has 0 bridgehead atoms. The smallest absolute Gasteiger partial charge is 0.322 e. The van der Waals surface area contributed by atoms with Crippen LogP contribution in [0.4, 0.5) is 6.01 Å². The summed E-state index contributed by atoms with van der Waals surface area (Å²) in [5, 5.41) is 14.3. The lowest BCUT2D eigenvalue weighted by atomic mass is 10.2. The van der Waals surface area contributed by atoms with Crippen LogP contribution in [-0.2, 0) is 7.05 Å². The highest BCUT2D eigenvalue weighted by Crippen LogP contribution is 2.34. The van der Waals surface area contributed by atoms with E-state index in [4.69, 9.17) is 13.9 Å². The molecule has 3 aromatic rings. The van der Waals surface area contributed by atoms with E-state index in [0.717, 1.165) is 0 Å². The van der Waals surface area contributed by atoms with Crippen molar-refractivity contribution in [2.45, 2.75) is 0 Å². The zero-order valence-corrected chi connectivity index (χ0v) is 12.7. The van der Waals surface area contributed by atoms with Crippen LogP contribution in [0.25, 0.3) is 11.5 Å². The Balaban J connectivity index is 1.53. The van der Waals surface area contributed by atoms with Crippen LogP contribution in [0.3, 0.4) is 0 Å². The van der Waals surface area contributed by atoms with Gasteiger partial charge in [-0.1, -0.05) is 5.10 Å². The molecular weight excluding hydrogens is 314 g/mol. The Kier molecular flexibility index (Phi) is 3.38. The fraction of sp³-hybridized carbons (Fsp3) is 0.200. The van der Waals surface area contributed by atoms with Gasteiger partial charge in [0.25, 0.3) is 5.91 Å². The third-order valence-corrected chi connectivity index (χ3v) is 3.38. The second-order valence-electron chi connectivity index (χ2n) is 5.10. The maximum absolute atomic E-state index is 12.0. The van der Waals surface area contributed by atoms with Gasteiger partial charge in [0.15, 0.2) is 17.2 Å². The molecule has 1 amide bonds. The predicted molar refractivity (Wildman–Crippen MR) is 81.9 cm³/mol. The number of ether oxygens (including phenoxy) is 2. The first kappa shape index (κ1) is 14.2. The molecule has 24 heavy (non-hydrogen) atoms. The fourth-order valence-electron chi connectivity index (χ4n) is 2.26. The monoisotopic (exact) mass is 327 g/mol. The second kappa shape index (κ2) is 5.69. The number of aromatic nitrogens is 4. The molecule has 9 nitrogen and oxygen atoms in total. The molecule has 4 rings (SSSR count). The van der Waals surface area contributed by atoms with E-state index in [1.165, 1.54) is 4.68 Å². The summed E-state index contributed by atoms with van der Waals surface area (Å²) in [4.78, 5) is 12.0. The molecule has 122 valence electrons. The number of carbonyl (C=O) groups is 1. The van der Waals surface area contributed by atoms with Gasteiger partial charge >= 0.3 is 6.01 Å². The molecule has 0 atom stereocenters. The molecule has 1 aliphatic heterocycles. The maximum Gasteiger partial charge on any atom is 0.322 e. The first-order chi connectivity index (χ1) is 11.7. The first-order valence-corrected chi connectivity index (χ1v) is 7.23. The van der Waals surface area contributed by atoms with Crippen molar-refractivity contribution in [1.29, 1.82) is 0 Å². The van der Waals surface area contributed by atoms with Gasteiger partial charge in [0, 0.05) is 18.8 Å². The van der Waals surface area contributed by atoms with Crippen molar-refractivity contribution < 1.29 is 18.7 Å². The van der Waals surface area contributed by atoms with Gasteiger partial charge in [0.2, 0.25) is 5.89 Å². The van der Waals surface area contributed by atoms with Crippen molar-refractivity contribution in [3.63, 3.8) is 0 Å². The summed E-state index contributed by atoms with van der Waals surface area (Å²) in [6.07, 6.45) is 1.67. The summed E-state index contributed by atoms with van der Waals surface area (Å²) in [6.45, 7) is 1.02. The number of fused-ring (bicyclic) bond motifs is 1. The normalized spacial score (nSPS) is 12.9. The number of benzene rings is 1. The van der Waals surface area contributed by atoms with Crippen LogP contribution in [0.15, 0.2) is 34.9 Å². The van der Waals surface area contributed by atoms with Crippen molar-refractivity contribution in [1.82, 2.24) is 20.0 Å². The molecule has 1 aromatic carbocycles. The summed E-state index contributed by atoms with van der Waals surface area (Å²) in [6, 6.07) is 6.90. The Morgan fingerprint density at radius 3 is 2.79 bits per heavy atom. The molecular formula is C15H13N5O4. The van der Waals surface area contributed by atoms with Crippen LogP contribution >= 0.6 is 0 Å². The molecule has 0 radical (unpaired) electrons. The largest absolute Gasteiger partial charge is 0.486 e. The zero-order valence-electron chi connectivity index (χ0n) is 12.7. The summed E-state index contributed by atoms with van der Waals surface area (Å²) < 4.78 is 18.0. The summed E-state index contributed by atoms with van der Waals surface area (Å²) >= 11 is 0. The minimum Gasteiger partial charge on any atom is -0.486 e. The van der Waals surface area contributed by atoms with Gasteiger partial charge < -0.3 is 13.9 Å². The molecule has 0 unspecified atom stereocenters. The van der Waals surface area contributed by atoms with Gasteiger partial charge in [-0.15, -0.1) is 5.10 Å². The van der Waals surface area contributed by atoms with Gasteiger partial charge in [0.05, 0.1) is 0 Å². The Hall–Kier alpha value is -3.36. The lowest BCUT2D eigenvalue weighted by Crippen LogP contribution is -2.15. The van der Waals surface area contributed by atoms with E-state index in [2.05, 4.69) is 20.6 Å². The number of aryl methyl sites for hydroxylation is 1. The van der Waals surface area contributed by atoms with Crippen molar-refractivity contribution in [2.75, 3.05) is 18.5 Å². The highest BCUT2D eigenvalue weighted by atomic mass is 16.6. The standard InChI is InChI=1S/C15H13N5O4/c1-20-5-4-10(19-20)13(21)16-15-18-17-14(24-15)9-2-3-11-12(8-9)23-7-6-22-11/h2-5,8H,6-7H2,1H3,(H,16,18,21). The van der Waals surface area contributed by atoms with E-state index in [9.17, 15) is 4.79 Å². The number of nitrogens with zero attached hydrogens (tertiary/aromatic N) is 4. The Labute approximate surface area is 136 Å². The molecule has 0 aliphatic carbocycles. The van der Waals surface area contributed by atoms with Gasteiger partial charge in [0.1, 0.15) is 13.2 Å². The highest BCUT2D eigenvalue weighted by Gasteiger charge is 2.17. The van der Waals surface area contributed by atoms with Crippen LogP contribution in [0, 0.1) is 0 Å². The van der Waals surface area contributed by atoms with Crippen LogP contribution < -0.4 is 14.8 Å². The number of carbonyl (C=O) groups excluding carboxylic acids is 1. The molecule has 2 aromatic heterocycles. The summed E-state index contributed by atoms with van der Waals surface area (Å²) in [5.41, 5.74) is 0.932. The predicted octanol–water partition coefficient (Wildman–Crippen LogP) is 1.49. The highest BCUT2D eigenvalue weighted by molar-refractivity contribution is 6.01. The zero-order chi connectivity index (χ0) is 16.5. The van der Waals surface area contributed by atoms with Crippen molar-refractivity contribution in [3.8, 4) is 23.0 Å².